The van der Waals surface area contributed by atoms with Gasteiger partial charge in [0.25, 0.3) is 5.85 Å². The van der Waals surface area contributed by atoms with E-state index in [1.807, 2.05) is 0 Å². The first-order valence-electron chi connectivity index (χ1n) is 15.2. The van der Waals surface area contributed by atoms with Gasteiger partial charge in [-0.1, -0.05) is 24.6 Å². The van der Waals surface area contributed by atoms with Gasteiger partial charge in [-0.3, -0.25) is 14.3 Å². The monoisotopic (exact) mass is 650 g/mol. The highest BCUT2D eigenvalue weighted by atomic mass is 31.2. The number of carbonyl (C=O) groups is 1. The number of benzene rings is 1. The predicted octanol–water partition coefficient (Wildman–Crippen LogP) is 4.22. The van der Waals surface area contributed by atoms with Gasteiger partial charge in [-0.2, -0.15) is 10.1 Å². The fourth-order valence-corrected chi connectivity index (χ4v) is 7.26. The summed E-state index contributed by atoms with van der Waals surface area (Å²) >= 11 is 0. The highest BCUT2D eigenvalue weighted by Crippen LogP contribution is 2.52. The molecule has 2 aromatic rings. The molecule has 2 aliphatic heterocycles. The molecule has 3 aliphatic rings. The van der Waals surface area contributed by atoms with Crippen LogP contribution in [0.5, 0.6) is 11.6 Å². The number of para-hydroxylation sites is 1. The summed E-state index contributed by atoms with van der Waals surface area (Å²) in [6, 6.07) is 6.83. The molecule has 2 fully saturated rings. The number of carbonyl (C=O) groups excluding carboxylic acids is 1. The molecule has 246 valence electrons. The van der Waals surface area contributed by atoms with E-state index in [2.05, 4.69) is 20.0 Å². The zero-order chi connectivity index (χ0) is 32.4. The number of esters is 1. The summed E-state index contributed by atoms with van der Waals surface area (Å²) < 4.78 is 58.5. The van der Waals surface area contributed by atoms with Crippen LogP contribution < -0.4 is 14.3 Å². The van der Waals surface area contributed by atoms with Crippen LogP contribution in [0, 0.1) is 6.92 Å². The highest BCUT2D eigenvalue weighted by Gasteiger charge is 2.65. The Hall–Kier alpha value is -3.00. The number of nitrogens with one attached hydrogen (secondary N) is 1. The van der Waals surface area contributed by atoms with Crippen molar-refractivity contribution >= 4 is 25.6 Å². The van der Waals surface area contributed by atoms with Crippen molar-refractivity contribution in [3.05, 3.63) is 41.9 Å². The number of aliphatic imine (C=N–C) groups is 1. The molecule has 1 aliphatic carbocycles. The lowest BCUT2D eigenvalue weighted by atomic mass is 9.84. The third-order valence-electron chi connectivity index (χ3n) is 8.08. The zero-order valence-corrected chi connectivity index (χ0v) is 26.6. The minimum atomic E-state index is -4.51. The second-order valence-electron chi connectivity index (χ2n) is 11.7. The molecule has 0 radical (unpaired) electrons. The number of hydrogen-bond acceptors (Lipinski definition) is 12. The summed E-state index contributed by atoms with van der Waals surface area (Å²) in [7, 11) is -4.51. The molecule has 45 heavy (non-hydrogen) atoms. The van der Waals surface area contributed by atoms with Crippen molar-refractivity contribution in [1.82, 2.24) is 15.1 Å². The second kappa shape index (κ2) is 13.4. The summed E-state index contributed by atoms with van der Waals surface area (Å²) in [5.74, 6) is -3.90. The van der Waals surface area contributed by atoms with E-state index in [9.17, 15) is 19.6 Å². The Labute approximate surface area is 261 Å². The fourth-order valence-electron chi connectivity index (χ4n) is 5.76. The van der Waals surface area contributed by atoms with Gasteiger partial charge in [0.15, 0.2) is 0 Å². The van der Waals surface area contributed by atoms with Crippen molar-refractivity contribution in [1.29, 1.82) is 0 Å². The number of halogens is 1. The van der Waals surface area contributed by atoms with Crippen molar-refractivity contribution in [2.24, 2.45) is 4.99 Å². The topological polar surface area (TPSA) is 171 Å². The lowest BCUT2D eigenvalue weighted by Crippen LogP contribution is -2.51. The van der Waals surface area contributed by atoms with Crippen LogP contribution in [0.1, 0.15) is 70.3 Å². The van der Waals surface area contributed by atoms with Crippen LogP contribution in [0.3, 0.4) is 0 Å². The van der Waals surface area contributed by atoms with E-state index in [1.54, 1.807) is 32.0 Å². The van der Waals surface area contributed by atoms with E-state index in [0.29, 0.717) is 23.8 Å². The smallest absolute Gasteiger partial charge is 0.459 e. The second-order valence-corrected chi connectivity index (χ2v) is 13.4. The number of aromatic nitrogens is 2. The largest absolute Gasteiger partial charge is 0.476 e. The number of hydrogen-bond donors (Lipinski definition) is 3. The quantitative estimate of drug-likeness (QED) is 0.221. The van der Waals surface area contributed by atoms with Crippen LogP contribution >= 0.6 is 7.75 Å². The third-order valence-corrected chi connectivity index (χ3v) is 9.70. The molecule has 5 rings (SSSR count). The molecule has 0 spiro atoms. The van der Waals surface area contributed by atoms with E-state index >= 15 is 4.39 Å². The normalized spacial score (nSPS) is 30.0. The summed E-state index contributed by atoms with van der Waals surface area (Å²) in [5.41, 5.74) is -1.53. The Morgan fingerprint density at radius 2 is 1.93 bits per heavy atom. The van der Waals surface area contributed by atoms with E-state index in [4.69, 9.17) is 23.3 Å². The zero-order valence-electron chi connectivity index (χ0n) is 25.7. The van der Waals surface area contributed by atoms with Crippen molar-refractivity contribution < 1.29 is 47.2 Å². The maximum Gasteiger partial charge on any atom is 0.459 e. The molecular weight excluding hydrogens is 610 g/mol. The van der Waals surface area contributed by atoms with E-state index in [0.717, 1.165) is 32.1 Å². The molecule has 1 saturated heterocycles. The molecule has 1 aromatic carbocycles. The molecule has 3 heterocycles. The molecule has 1 saturated carbocycles. The number of nitrogens with zero attached hydrogens (tertiary/aromatic N) is 3. The number of aryl methyl sites for hydroxylation is 1. The fraction of sp³-hybridized carbons (Fsp3) is 0.600. The minimum Gasteiger partial charge on any atom is -0.476 e. The molecule has 15 heteroatoms. The minimum absolute atomic E-state index is 0.116. The van der Waals surface area contributed by atoms with Crippen molar-refractivity contribution in [3.8, 4) is 11.6 Å². The van der Waals surface area contributed by atoms with Gasteiger partial charge in [-0.25, -0.2) is 13.9 Å². The molecule has 13 nitrogen and oxygen atoms in total. The molecule has 7 atom stereocenters. The number of fused-ring (bicyclic) bond motifs is 1. The number of rotatable bonds is 12. The lowest BCUT2D eigenvalue weighted by molar-refractivity contribution is -0.193. The standard InChI is InChI=1S/C30H40FN4O9P/c1-5-40-26-24-23(33-19(3)34-26)22(16-32-24)25-29(4,38)28(37)30(31,43-25)17-41-45(39,44-21-14-10-7-11-15-21)35-18(2)27(36)42-20-12-8-6-9-13-20/h7,10-11,14-16,18,20,22,25,28,37-38H,5-6,8-9,12-13,17H2,1-4H3,(H,35,39)/t18?,22?,25-,28-,29-,30+,45?/m0/s1. The summed E-state index contributed by atoms with van der Waals surface area (Å²) in [6.07, 6.45) is 2.08. The van der Waals surface area contributed by atoms with Crippen LogP contribution in [0.2, 0.25) is 0 Å². The Balaban J connectivity index is 1.34. The Morgan fingerprint density at radius 1 is 1.22 bits per heavy atom. The first-order valence-corrected chi connectivity index (χ1v) is 16.7. The van der Waals surface area contributed by atoms with Gasteiger partial charge in [0.05, 0.1) is 18.2 Å². The van der Waals surface area contributed by atoms with Gasteiger partial charge in [0.2, 0.25) is 5.88 Å². The average molecular weight is 651 g/mol. The first-order chi connectivity index (χ1) is 21.3. The maximum absolute atomic E-state index is 16.5. The third kappa shape index (κ3) is 7.21. The number of aliphatic hydroxyl groups is 2. The summed E-state index contributed by atoms with van der Waals surface area (Å²) in [5, 5.41) is 24.9. The highest BCUT2D eigenvalue weighted by molar-refractivity contribution is 7.52. The van der Waals surface area contributed by atoms with Crippen molar-refractivity contribution in [2.75, 3.05) is 13.2 Å². The van der Waals surface area contributed by atoms with Crippen molar-refractivity contribution in [3.63, 3.8) is 0 Å². The van der Waals surface area contributed by atoms with E-state index < -0.39 is 55.9 Å². The molecule has 0 bridgehead atoms. The summed E-state index contributed by atoms with van der Waals surface area (Å²) in [6.45, 7) is 5.27. The Morgan fingerprint density at radius 3 is 2.62 bits per heavy atom. The van der Waals surface area contributed by atoms with Crippen molar-refractivity contribution in [2.45, 2.75) is 102 Å². The van der Waals surface area contributed by atoms with Crippen LogP contribution in [-0.4, -0.2) is 81.4 Å². The summed E-state index contributed by atoms with van der Waals surface area (Å²) in [4.78, 5) is 25.9. The van der Waals surface area contributed by atoms with Gasteiger partial charge in [-0.05, 0) is 65.5 Å². The SMILES string of the molecule is CCOc1nc(C)nc2c1N=CC2[C@@H]1O[C@](F)(COP(=O)(NC(C)C(=O)OC2CCCCC2)Oc2ccccc2)[C@@H](O)[C@@]1(C)O. The molecule has 0 amide bonds. The predicted molar refractivity (Wildman–Crippen MR) is 160 cm³/mol. The number of alkyl halides is 1. The molecule has 1 aromatic heterocycles. The van der Waals surface area contributed by atoms with Gasteiger partial charge >= 0.3 is 13.7 Å². The Kier molecular flexibility index (Phi) is 9.93. The van der Waals surface area contributed by atoms with Gasteiger partial charge in [-0.15, -0.1) is 0 Å². The van der Waals surface area contributed by atoms with Gasteiger partial charge < -0.3 is 28.9 Å². The van der Waals surface area contributed by atoms with Gasteiger partial charge in [0.1, 0.15) is 53.8 Å². The van der Waals surface area contributed by atoms with E-state index in [1.165, 1.54) is 32.2 Å². The molecule has 3 unspecified atom stereocenters. The lowest BCUT2D eigenvalue weighted by Gasteiger charge is -2.30. The first kappa shape index (κ1) is 33.4. The Bertz CT molecular complexity index is 1440. The number of ether oxygens (including phenoxy) is 3. The molecule has 3 N–H and O–H groups in total. The average Bonchev–Trinajstić information content (AvgIpc) is 3.50. The van der Waals surface area contributed by atoms with Crippen LogP contribution in [0.15, 0.2) is 35.3 Å². The van der Waals surface area contributed by atoms with Crippen LogP contribution in [0.4, 0.5) is 10.1 Å². The van der Waals surface area contributed by atoms with Gasteiger partial charge in [0, 0.05) is 6.21 Å². The number of aliphatic hydroxyl groups excluding tert-OH is 1. The maximum atomic E-state index is 16.5. The van der Waals surface area contributed by atoms with Crippen LogP contribution in [-0.2, 0) is 23.4 Å². The molecular formula is C30H40FN4O9P. The van der Waals surface area contributed by atoms with E-state index in [-0.39, 0.29) is 17.7 Å². The van der Waals surface area contributed by atoms with Crippen LogP contribution in [0.25, 0.3) is 0 Å².